The molecule has 5 heteroatoms. The van der Waals surface area contributed by atoms with Crippen molar-refractivity contribution in [3.63, 3.8) is 0 Å². The molecular weight excluding hydrogens is 236 g/mol. The van der Waals surface area contributed by atoms with Crippen molar-refractivity contribution in [3.8, 4) is 0 Å². The van der Waals surface area contributed by atoms with Crippen molar-refractivity contribution in [2.75, 3.05) is 0 Å². The summed E-state index contributed by atoms with van der Waals surface area (Å²) in [6.45, 7) is 2.14. The number of aromatic nitrogens is 2. The van der Waals surface area contributed by atoms with Gasteiger partial charge in [-0.1, -0.05) is 13.3 Å². The molecular formula is C12H16N2O2S. The molecule has 0 amide bonds. The number of rotatable bonds is 6. The minimum atomic E-state index is -0.728. The molecule has 0 aromatic carbocycles. The molecule has 4 nitrogen and oxygen atoms in total. The number of carboxylic acids is 1. The Hall–Kier alpha value is -1.36. The van der Waals surface area contributed by atoms with Gasteiger partial charge in [0.1, 0.15) is 0 Å². The maximum atomic E-state index is 10.5. The van der Waals surface area contributed by atoms with Crippen molar-refractivity contribution in [1.29, 1.82) is 0 Å². The van der Waals surface area contributed by atoms with Crippen LogP contribution < -0.4 is 0 Å². The van der Waals surface area contributed by atoms with E-state index in [1.165, 1.54) is 5.69 Å². The first-order valence-corrected chi connectivity index (χ1v) is 6.74. The van der Waals surface area contributed by atoms with Gasteiger partial charge in [0.2, 0.25) is 0 Å². The summed E-state index contributed by atoms with van der Waals surface area (Å²) >= 11 is 1.62. The number of hydrogen-bond acceptors (Lipinski definition) is 3. The number of carbonyl (C=O) groups is 1. The van der Waals surface area contributed by atoms with Crippen molar-refractivity contribution in [3.05, 3.63) is 23.0 Å². The SMILES string of the molecule is CCCc1cn2c(CCCC(=O)O)csc2n1. The summed E-state index contributed by atoms with van der Waals surface area (Å²) in [5.41, 5.74) is 2.29. The molecule has 0 spiro atoms. The maximum absolute atomic E-state index is 10.5. The van der Waals surface area contributed by atoms with Crippen LogP contribution >= 0.6 is 11.3 Å². The number of fused-ring (bicyclic) bond motifs is 1. The number of nitrogens with zero attached hydrogens (tertiary/aromatic N) is 2. The van der Waals surface area contributed by atoms with Crippen LogP contribution in [0.4, 0.5) is 0 Å². The Labute approximate surface area is 104 Å². The van der Waals surface area contributed by atoms with E-state index in [0.29, 0.717) is 6.42 Å². The molecule has 0 saturated heterocycles. The second-order valence-corrected chi connectivity index (χ2v) is 4.95. The van der Waals surface area contributed by atoms with Crippen molar-refractivity contribution in [2.45, 2.75) is 39.0 Å². The molecule has 2 aromatic heterocycles. The van der Waals surface area contributed by atoms with E-state index in [4.69, 9.17) is 5.11 Å². The summed E-state index contributed by atoms with van der Waals surface area (Å²) in [5, 5.41) is 10.7. The fourth-order valence-corrected chi connectivity index (χ4v) is 2.78. The third-order valence-corrected chi connectivity index (χ3v) is 3.55. The minimum absolute atomic E-state index is 0.230. The Morgan fingerprint density at radius 2 is 2.35 bits per heavy atom. The summed E-state index contributed by atoms with van der Waals surface area (Å²) in [4.78, 5) is 16.0. The van der Waals surface area contributed by atoms with Crippen LogP contribution in [0.15, 0.2) is 11.6 Å². The second kappa shape index (κ2) is 5.31. The van der Waals surface area contributed by atoms with Gasteiger partial charge in [0.05, 0.1) is 5.69 Å². The standard InChI is InChI=1S/C12H16N2O2S/c1-2-4-9-7-14-10(5-3-6-11(15)16)8-17-12(14)13-9/h7-8H,2-6H2,1H3,(H,15,16). The minimum Gasteiger partial charge on any atom is -0.481 e. The van der Waals surface area contributed by atoms with Gasteiger partial charge in [0, 0.05) is 23.7 Å². The van der Waals surface area contributed by atoms with Crippen LogP contribution in [0.1, 0.15) is 37.6 Å². The highest BCUT2D eigenvalue weighted by Crippen LogP contribution is 2.19. The fourth-order valence-electron chi connectivity index (χ4n) is 1.85. The van der Waals surface area contributed by atoms with Gasteiger partial charge in [-0.05, 0) is 19.3 Å². The van der Waals surface area contributed by atoms with E-state index < -0.39 is 5.97 Å². The molecule has 0 saturated carbocycles. The third kappa shape index (κ3) is 2.85. The van der Waals surface area contributed by atoms with Crippen LogP contribution in [-0.4, -0.2) is 20.5 Å². The lowest BCUT2D eigenvalue weighted by Crippen LogP contribution is -1.97. The van der Waals surface area contributed by atoms with Crippen LogP contribution in [0.25, 0.3) is 4.96 Å². The highest BCUT2D eigenvalue weighted by Gasteiger charge is 2.08. The summed E-state index contributed by atoms with van der Waals surface area (Å²) in [6, 6.07) is 0. The number of carboxylic acid groups (broad SMARTS) is 1. The van der Waals surface area contributed by atoms with Gasteiger partial charge in [-0.25, -0.2) is 4.98 Å². The van der Waals surface area contributed by atoms with Gasteiger partial charge >= 0.3 is 5.97 Å². The molecule has 92 valence electrons. The third-order valence-electron chi connectivity index (χ3n) is 2.66. The van der Waals surface area contributed by atoms with Crippen molar-refractivity contribution in [2.24, 2.45) is 0 Å². The number of imidazole rings is 1. The molecule has 0 aliphatic rings. The first-order chi connectivity index (χ1) is 8.20. The molecule has 2 rings (SSSR count). The van der Waals surface area contributed by atoms with E-state index in [1.54, 1.807) is 11.3 Å². The van der Waals surface area contributed by atoms with Crippen molar-refractivity contribution >= 4 is 22.3 Å². The predicted molar refractivity (Wildman–Crippen MR) is 67.6 cm³/mol. The summed E-state index contributed by atoms with van der Waals surface area (Å²) in [6.07, 6.45) is 5.89. The van der Waals surface area contributed by atoms with Crippen LogP contribution in [-0.2, 0) is 17.6 Å². The quantitative estimate of drug-likeness (QED) is 0.860. The second-order valence-electron chi connectivity index (χ2n) is 4.11. The zero-order chi connectivity index (χ0) is 12.3. The summed E-state index contributed by atoms with van der Waals surface area (Å²) in [7, 11) is 0. The lowest BCUT2D eigenvalue weighted by molar-refractivity contribution is -0.137. The average Bonchev–Trinajstić information content (AvgIpc) is 2.80. The Bertz CT molecular complexity index is 516. The molecule has 2 heterocycles. The van der Waals surface area contributed by atoms with Crippen LogP contribution in [0.5, 0.6) is 0 Å². The molecule has 0 radical (unpaired) electrons. The normalized spacial score (nSPS) is 11.1. The Morgan fingerprint density at radius 1 is 1.53 bits per heavy atom. The zero-order valence-electron chi connectivity index (χ0n) is 9.85. The highest BCUT2D eigenvalue weighted by molar-refractivity contribution is 7.15. The fraction of sp³-hybridized carbons (Fsp3) is 0.500. The van der Waals surface area contributed by atoms with Crippen LogP contribution in [0, 0.1) is 0 Å². The van der Waals surface area contributed by atoms with Gasteiger partial charge in [-0.2, -0.15) is 0 Å². The Balaban J connectivity index is 2.08. The summed E-state index contributed by atoms with van der Waals surface area (Å²) in [5.74, 6) is -0.728. The molecule has 0 atom stereocenters. The van der Waals surface area contributed by atoms with E-state index in [9.17, 15) is 4.79 Å². The largest absolute Gasteiger partial charge is 0.481 e. The zero-order valence-corrected chi connectivity index (χ0v) is 10.7. The van der Waals surface area contributed by atoms with E-state index in [2.05, 4.69) is 27.9 Å². The molecule has 0 aliphatic carbocycles. The van der Waals surface area contributed by atoms with Crippen molar-refractivity contribution < 1.29 is 9.90 Å². The first-order valence-electron chi connectivity index (χ1n) is 5.87. The molecule has 0 fully saturated rings. The number of hydrogen-bond donors (Lipinski definition) is 1. The van der Waals surface area contributed by atoms with Gasteiger partial charge < -0.3 is 5.11 Å². The molecule has 0 aliphatic heterocycles. The molecule has 0 unspecified atom stereocenters. The number of aryl methyl sites for hydroxylation is 2. The van der Waals surface area contributed by atoms with Crippen LogP contribution in [0.3, 0.4) is 0 Å². The maximum Gasteiger partial charge on any atom is 0.303 e. The average molecular weight is 252 g/mol. The highest BCUT2D eigenvalue weighted by atomic mass is 32.1. The monoisotopic (exact) mass is 252 g/mol. The van der Waals surface area contributed by atoms with Gasteiger partial charge in [0.25, 0.3) is 0 Å². The Kier molecular flexibility index (Phi) is 3.78. The molecule has 2 aromatic rings. The molecule has 0 bridgehead atoms. The van der Waals surface area contributed by atoms with Gasteiger partial charge in [-0.3, -0.25) is 9.20 Å². The summed E-state index contributed by atoms with van der Waals surface area (Å²) < 4.78 is 2.09. The first kappa shape index (κ1) is 12.1. The molecule has 1 N–H and O–H groups in total. The topological polar surface area (TPSA) is 54.6 Å². The predicted octanol–water partition coefficient (Wildman–Crippen LogP) is 2.76. The smallest absolute Gasteiger partial charge is 0.303 e. The van der Waals surface area contributed by atoms with E-state index in [-0.39, 0.29) is 6.42 Å². The van der Waals surface area contributed by atoms with E-state index in [0.717, 1.165) is 29.9 Å². The van der Waals surface area contributed by atoms with Crippen LogP contribution in [0.2, 0.25) is 0 Å². The van der Waals surface area contributed by atoms with E-state index in [1.807, 2.05) is 0 Å². The van der Waals surface area contributed by atoms with Gasteiger partial charge in [-0.15, -0.1) is 11.3 Å². The van der Waals surface area contributed by atoms with E-state index >= 15 is 0 Å². The number of aliphatic carboxylic acids is 1. The lowest BCUT2D eigenvalue weighted by atomic mass is 10.2. The van der Waals surface area contributed by atoms with Crippen molar-refractivity contribution in [1.82, 2.24) is 9.38 Å². The number of thiazole rings is 1. The Morgan fingerprint density at radius 3 is 3.06 bits per heavy atom. The molecule has 17 heavy (non-hydrogen) atoms. The lowest BCUT2D eigenvalue weighted by Gasteiger charge is -1.97. The van der Waals surface area contributed by atoms with Gasteiger partial charge in [0.15, 0.2) is 4.96 Å².